The minimum Gasteiger partial charge on any atom is -0.380 e. The Labute approximate surface area is 94.1 Å². The van der Waals surface area contributed by atoms with E-state index >= 15 is 0 Å². The third kappa shape index (κ3) is 4.80. The molecule has 0 amide bonds. The van der Waals surface area contributed by atoms with Gasteiger partial charge in [0, 0.05) is 6.61 Å². The monoisotopic (exact) mass is 211 g/mol. The van der Waals surface area contributed by atoms with Crippen LogP contribution in [-0.2, 0) is 4.74 Å². The van der Waals surface area contributed by atoms with Crippen molar-refractivity contribution in [1.29, 1.82) is 0 Å². The molecule has 1 unspecified atom stereocenters. The Morgan fingerprint density at radius 3 is 2.87 bits per heavy atom. The molecular formula is C13H25NO. The van der Waals surface area contributed by atoms with Gasteiger partial charge in [0.05, 0.1) is 12.6 Å². The zero-order valence-corrected chi connectivity index (χ0v) is 10.2. The number of hydrogen-bond acceptors (Lipinski definition) is 2. The average Bonchev–Trinajstić information content (AvgIpc) is 2.21. The summed E-state index contributed by atoms with van der Waals surface area (Å²) >= 11 is 0. The highest BCUT2D eigenvalue weighted by molar-refractivity contribution is 5.11. The molecule has 2 nitrogen and oxygen atoms in total. The summed E-state index contributed by atoms with van der Waals surface area (Å²) in [4.78, 5) is 0. The van der Waals surface area contributed by atoms with Crippen LogP contribution in [0, 0.1) is 0 Å². The first-order valence-corrected chi connectivity index (χ1v) is 6.32. The molecule has 0 saturated carbocycles. The minimum atomic E-state index is 0.433. The smallest absolute Gasteiger partial charge is 0.0657 e. The van der Waals surface area contributed by atoms with E-state index in [4.69, 9.17) is 4.74 Å². The minimum absolute atomic E-state index is 0.433. The van der Waals surface area contributed by atoms with Crippen molar-refractivity contribution >= 4 is 0 Å². The topological polar surface area (TPSA) is 21.3 Å². The molecule has 0 aromatic rings. The summed E-state index contributed by atoms with van der Waals surface area (Å²) in [6.07, 6.45) is 10.4. The third-order valence-corrected chi connectivity index (χ3v) is 3.11. The van der Waals surface area contributed by atoms with Crippen LogP contribution in [0.4, 0.5) is 0 Å². The van der Waals surface area contributed by atoms with Crippen molar-refractivity contribution in [2.75, 3.05) is 20.3 Å². The van der Waals surface area contributed by atoms with Crippen LogP contribution in [0.3, 0.4) is 0 Å². The maximum atomic E-state index is 5.51. The lowest BCUT2D eigenvalue weighted by atomic mass is 9.95. The van der Waals surface area contributed by atoms with Crippen LogP contribution < -0.4 is 5.32 Å². The van der Waals surface area contributed by atoms with Gasteiger partial charge in [-0.3, -0.25) is 0 Å². The van der Waals surface area contributed by atoms with Gasteiger partial charge in [-0.2, -0.15) is 0 Å². The number of hydrogen-bond donors (Lipinski definition) is 1. The molecule has 2 heteroatoms. The van der Waals surface area contributed by atoms with E-state index in [1.165, 1.54) is 38.5 Å². The maximum Gasteiger partial charge on any atom is 0.0657 e. The molecule has 0 bridgehead atoms. The zero-order chi connectivity index (χ0) is 10.9. The van der Waals surface area contributed by atoms with Gasteiger partial charge in [0.2, 0.25) is 0 Å². The first-order valence-electron chi connectivity index (χ1n) is 6.32. The quantitative estimate of drug-likeness (QED) is 0.706. The Kier molecular flexibility index (Phi) is 6.69. The van der Waals surface area contributed by atoms with Gasteiger partial charge >= 0.3 is 0 Å². The molecule has 0 spiro atoms. The van der Waals surface area contributed by atoms with Gasteiger partial charge in [-0.1, -0.05) is 24.5 Å². The molecule has 1 N–H and O–H groups in total. The van der Waals surface area contributed by atoms with E-state index in [1.54, 1.807) is 5.57 Å². The molecule has 0 radical (unpaired) electrons. The summed E-state index contributed by atoms with van der Waals surface area (Å²) in [6.45, 7) is 3.68. The molecule has 15 heavy (non-hydrogen) atoms. The Balaban J connectivity index is 2.47. The first kappa shape index (κ1) is 12.7. The average molecular weight is 211 g/mol. The zero-order valence-electron chi connectivity index (χ0n) is 10.2. The highest BCUT2D eigenvalue weighted by Gasteiger charge is 2.12. The molecule has 0 aromatic heterocycles. The summed E-state index contributed by atoms with van der Waals surface area (Å²) in [7, 11) is 2.03. The van der Waals surface area contributed by atoms with E-state index in [0.717, 1.165) is 13.2 Å². The number of likely N-dealkylation sites (N-methyl/N-ethyl adjacent to an activating group) is 1. The van der Waals surface area contributed by atoms with Crippen LogP contribution in [-0.4, -0.2) is 26.3 Å². The van der Waals surface area contributed by atoms with Crippen LogP contribution in [0.5, 0.6) is 0 Å². The molecule has 0 aromatic carbocycles. The Morgan fingerprint density at radius 1 is 1.33 bits per heavy atom. The second-order valence-electron chi connectivity index (χ2n) is 4.23. The van der Waals surface area contributed by atoms with Crippen molar-refractivity contribution in [2.24, 2.45) is 0 Å². The molecule has 1 rings (SSSR count). The summed E-state index contributed by atoms with van der Waals surface area (Å²) in [5.74, 6) is 0. The predicted octanol–water partition coefficient (Wildman–Crippen LogP) is 2.89. The van der Waals surface area contributed by atoms with Gasteiger partial charge < -0.3 is 10.1 Å². The SMILES string of the molecule is CCOCC(NC)C1=CCCCCCC1. The molecule has 1 aliphatic carbocycles. The summed E-state index contributed by atoms with van der Waals surface area (Å²) < 4.78 is 5.51. The lowest BCUT2D eigenvalue weighted by Gasteiger charge is -2.21. The van der Waals surface area contributed by atoms with Crippen molar-refractivity contribution in [2.45, 2.75) is 51.5 Å². The number of rotatable bonds is 5. The molecule has 88 valence electrons. The lowest BCUT2D eigenvalue weighted by Crippen LogP contribution is -2.32. The van der Waals surface area contributed by atoms with E-state index in [-0.39, 0.29) is 0 Å². The van der Waals surface area contributed by atoms with Gasteiger partial charge in [-0.25, -0.2) is 0 Å². The van der Waals surface area contributed by atoms with Crippen LogP contribution >= 0.6 is 0 Å². The fraction of sp³-hybridized carbons (Fsp3) is 0.846. The van der Waals surface area contributed by atoms with E-state index in [2.05, 4.69) is 18.3 Å². The molecule has 0 saturated heterocycles. The first-order chi connectivity index (χ1) is 7.38. The third-order valence-electron chi connectivity index (χ3n) is 3.11. The predicted molar refractivity (Wildman–Crippen MR) is 65.1 cm³/mol. The van der Waals surface area contributed by atoms with Crippen molar-refractivity contribution in [3.05, 3.63) is 11.6 Å². The van der Waals surface area contributed by atoms with Crippen LogP contribution in [0.25, 0.3) is 0 Å². The van der Waals surface area contributed by atoms with E-state index < -0.39 is 0 Å². The van der Waals surface area contributed by atoms with Gasteiger partial charge in [-0.05, 0) is 39.7 Å². The highest BCUT2D eigenvalue weighted by Crippen LogP contribution is 2.19. The van der Waals surface area contributed by atoms with Crippen LogP contribution in [0.1, 0.15) is 45.4 Å². The van der Waals surface area contributed by atoms with Crippen molar-refractivity contribution in [1.82, 2.24) is 5.32 Å². The van der Waals surface area contributed by atoms with E-state index in [9.17, 15) is 0 Å². The standard InChI is InChI=1S/C13H25NO/c1-3-15-11-13(14-2)12-9-7-5-4-6-8-10-12/h9,13-14H,3-8,10-11H2,1-2H3. The Morgan fingerprint density at radius 2 is 2.13 bits per heavy atom. The normalized spacial score (nSPS) is 20.3. The molecule has 1 atom stereocenters. The van der Waals surface area contributed by atoms with E-state index in [1.807, 2.05) is 7.05 Å². The Bertz CT molecular complexity index is 189. The van der Waals surface area contributed by atoms with Crippen molar-refractivity contribution in [3.8, 4) is 0 Å². The van der Waals surface area contributed by atoms with Crippen LogP contribution in [0.2, 0.25) is 0 Å². The van der Waals surface area contributed by atoms with Crippen LogP contribution in [0.15, 0.2) is 11.6 Å². The number of ether oxygens (including phenoxy) is 1. The van der Waals surface area contributed by atoms with Gasteiger partial charge in [0.1, 0.15) is 0 Å². The fourth-order valence-electron chi connectivity index (χ4n) is 2.14. The largest absolute Gasteiger partial charge is 0.380 e. The molecule has 0 fully saturated rings. The lowest BCUT2D eigenvalue weighted by molar-refractivity contribution is 0.132. The van der Waals surface area contributed by atoms with Crippen molar-refractivity contribution < 1.29 is 4.74 Å². The summed E-state index contributed by atoms with van der Waals surface area (Å²) in [6, 6.07) is 0.433. The van der Waals surface area contributed by atoms with Gasteiger partial charge in [0.25, 0.3) is 0 Å². The fourth-order valence-corrected chi connectivity index (χ4v) is 2.14. The summed E-state index contributed by atoms with van der Waals surface area (Å²) in [5, 5.41) is 3.36. The van der Waals surface area contributed by atoms with Crippen molar-refractivity contribution in [3.63, 3.8) is 0 Å². The van der Waals surface area contributed by atoms with Gasteiger partial charge in [0.15, 0.2) is 0 Å². The highest BCUT2D eigenvalue weighted by atomic mass is 16.5. The summed E-state index contributed by atoms with van der Waals surface area (Å²) in [5.41, 5.74) is 1.56. The van der Waals surface area contributed by atoms with E-state index in [0.29, 0.717) is 6.04 Å². The number of nitrogens with one attached hydrogen (secondary N) is 1. The maximum absolute atomic E-state index is 5.51. The molecule has 0 heterocycles. The molecule has 1 aliphatic rings. The van der Waals surface area contributed by atoms with Gasteiger partial charge in [-0.15, -0.1) is 0 Å². The second kappa shape index (κ2) is 7.89. The second-order valence-corrected chi connectivity index (χ2v) is 4.23. The number of allylic oxidation sites excluding steroid dienone is 1. The molecule has 0 aliphatic heterocycles. The Hall–Kier alpha value is -0.340. The molecular weight excluding hydrogens is 186 g/mol.